The van der Waals surface area contributed by atoms with Crippen LogP contribution in [0.5, 0.6) is 0 Å². The number of aromatic nitrogens is 3. The molecule has 0 aromatic carbocycles. The van der Waals surface area contributed by atoms with Crippen molar-refractivity contribution in [1.82, 2.24) is 14.8 Å². The second kappa shape index (κ2) is 5.82. The maximum Gasteiger partial charge on any atom is 0.291 e. The van der Waals surface area contributed by atoms with Crippen molar-refractivity contribution in [1.29, 1.82) is 0 Å². The third-order valence-corrected chi connectivity index (χ3v) is 3.40. The third kappa shape index (κ3) is 2.84. The number of anilines is 1. The molecule has 3 aromatic rings. The SMILES string of the molecule is Cc1ccoc1C(=O)Nc1cnn(-c2ncc(Cl)cc2Cl)c1. The fourth-order valence-electron chi connectivity index (χ4n) is 1.87. The van der Waals surface area contributed by atoms with Crippen molar-refractivity contribution in [3.63, 3.8) is 0 Å². The summed E-state index contributed by atoms with van der Waals surface area (Å²) in [6.07, 6.45) is 6.01. The van der Waals surface area contributed by atoms with Crippen molar-refractivity contribution in [3.8, 4) is 5.82 Å². The lowest BCUT2D eigenvalue weighted by molar-refractivity contribution is 0.0996. The zero-order valence-corrected chi connectivity index (χ0v) is 12.9. The largest absolute Gasteiger partial charge is 0.459 e. The van der Waals surface area contributed by atoms with Gasteiger partial charge < -0.3 is 9.73 Å². The molecule has 3 rings (SSSR count). The number of nitrogens with zero attached hydrogens (tertiary/aromatic N) is 3. The van der Waals surface area contributed by atoms with Crippen molar-refractivity contribution in [3.05, 3.63) is 58.4 Å². The molecule has 0 atom stereocenters. The fraction of sp³-hybridized carbons (Fsp3) is 0.0714. The zero-order valence-electron chi connectivity index (χ0n) is 11.4. The molecule has 0 bridgehead atoms. The number of rotatable bonds is 3. The molecule has 0 spiro atoms. The van der Waals surface area contributed by atoms with Crippen LogP contribution < -0.4 is 5.32 Å². The van der Waals surface area contributed by atoms with Gasteiger partial charge in [-0.05, 0) is 19.1 Å². The Balaban J connectivity index is 1.82. The van der Waals surface area contributed by atoms with Crippen LogP contribution in [-0.4, -0.2) is 20.7 Å². The van der Waals surface area contributed by atoms with Gasteiger partial charge in [0.05, 0.1) is 34.4 Å². The first-order valence-electron chi connectivity index (χ1n) is 6.26. The Morgan fingerprint density at radius 3 is 2.86 bits per heavy atom. The van der Waals surface area contributed by atoms with Crippen molar-refractivity contribution in [2.24, 2.45) is 0 Å². The van der Waals surface area contributed by atoms with Crippen LogP contribution in [0.1, 0.15) is 16.1 Å². The normalized spacial score (nSPS) is 10.7. The predicted molar refractivity (Wildman–Crippen MR) is 82.8 cm³/mol. The van der Waals surface area contributed by atoms with E-state index in [0.29, 0.717) is 21.6 Å². The highest BCUT2D eigenvalue weighted by Crippen LogP contribution is 2.22. The van der Waals surface area contributed by atoms with Crippen molar-refractivity contribution < 1.29 is 9.21 Å². The Labute approximate surface area is 135 Å². The number of hydrogen-bond donors (Lipinski definition) is 1. The van der Waals surface area contributed by atoms with Crippen LogP contribution in [0, 0.1) is 6.92 Å². The summed E-state index contributed by atoms with van der Waals surface area (Å²) in [6.45, 7) is 1.79. The molecule has 0 saturated carbocycles. The van der Waals surface area contributed by atoms with E-state index in [1.807, 2.05) is 0 Å². The standard InChI is InChI=1S/C14H10Cl2N4O2/c1-8-2-3-22-12(8)14(21)19-10-6-18-20(7-10)13-11(16)4-9(15)5-17-13/h2-7H,1H3,(H,19,21). The van der Waals surface area contributed by atoms with Gasteiger partial charge in [0.1, 0.15) is 0 Å². The first-order chi connectivity index (χ1) is 10.5. The molecular formula is C14H10Cl2N4O2. The number of nitrogens with one attached hydrogen (secondary N) is 1. The van der Waals surface area contributed by atoms with Gasteiger partial charge in [-0.3, -0.25) is 4.79 Å². The number of carbonyl (C=O) groups excluding carboxylic acids is 1. The van der Waals surface area contributed by atoms with Gasteiger partial charge in [0.15, 0.2) is 11.6 Å². The van der Waals surface area contributed by atoms with Gasteiger partial charge in [0.25, 0.3) is 5.91 Å². The first-order valence-corrected chi connectivity index (χ1v) is 7.02. The van der Waals surface area contributed by atoms with Crippen LogP contribution in [0.2, 0.25) is 10.0 Å². The van der Waals surface area contributed by atoms with E-state index in [4.69, 9.17) is 27.6 Å². The number of aryl methyl sites for hydroxylation is 1. The van der Waals surface area contributed by atoms with Gasteiger partial charge in [-0.2, -0.15) is 5.10 Å². The summed E-state index contributed by atoms with van der Waals surface area (Å²) in [5.41, 5.74) is 1.25. The Morgan fingerprint density at radius 2 is 2.18 bits per heavy atom. The Bertz CT molecular complexity index is 841. The predicted octanol–water partition coefficient (Wildman–Crippen LogP) is 3.73. The van der Waals surface area contributed by atoms with E-state index in [9.17, 15) is 4.79 Å². The minimum atomic E-state index is -0.350. The summed E-state index contributed by atoms with van der Waals surface area (Å²) in [4.78, 5) is 16.2. The Kier molecular flexibility index (Phi) is 3.87. The molecule has 3 aromatic heterocycles. The zero-order chi connectivity index (χ0) is 15.7. The quantitative estimate of drug-likeness (QED) is 0.790. The number of furan rings is 1. The molecular weight excluding hydrogens is 327 g/mol. The summed E-state index contributed by atoms with van der Waals surface area (Å²) >= 11 is 11.9. The van der Waals surface area contributed by atoms with Crippen molar-refractivity contribution in [2.45, 2.75) is 6.92 Å². The van der Waals surface area contributed by atoms with Crippen LogP contribution in [0.15, 0.2) is 41.4 Å². The summed E-state index contributed by atoms with van der Waals surface area (Å²) in [7, 11) is 0. The maximum absolute atomic E-state index is 12.1. The van der Waals surface area contributed by atoms with Gasteiger partial charge in [-0.15, -0.1) is 0 Å². The maximum atomic E-state index is 12.1. The van der Waals surface area contributed by atoms with Crippen LogP contribution in [0.4, 0.5) is 5.69 Å². The van der Waals surface area contributed by atoms with E-state index < -0.39 is 0 Å². The molecule has 1 N–H and O–H groups in total. The van der Waals surface area contributed by atoms with Crippen molar-refractivity contribution in [2.75, 3.05) is 5.32 Å². The van der Waals surface area contributed by atoms with E-state index >= 15 is 0 Å². The minimum Gasteiger partial charge on any atom is -0.459 e. The van der Waals surface area contributed by atoms with E-state index in [0.717, 1.165) is 5.56 Å². The molecule has 0 aliphatic heterocycles. The molecule has 0 aliphatic carbocycles. The molecule has 3 heterocycles. The van der Waals surface area contributed by atoms with E-state index in [1.54, 1.807) is 25.3 Å². The molecule has 0 unspecified atom stereocenters. The molecule has 0 radical (unpaired) electrons. The van der Waals surface area contributed by atoms with Gasteiger partial charge in [0, 0.05) is 11.8 Å². The molecule has 6 nitrogen and oxygen atoms in total. The van der Waals surface area contributed by atoms with E-state index in [-0.39, 0.29) is 11.7 Å². The molecule has 8 heteroatoms. The first kappa shape index (κ1) is 14.6. The molecule has 0 aliphatic rings. The van der Waals surface area contributed by atoms with E-state index in [1.165, 1.54) is 23.3 Å². The molecule has 1 amide bonds. The van der Waals surface area contributed by atoms with Crippen LogP contribution >= 0.6 is 23.2 Å². The highest BCUT2D eigenvalue weighted by Gasteiger charge is 2.14. The summed E-state index contributed by atoms with van der Waals surface area (Å²) < 4.78 is 6.58. The summed E-state index contributed by atoms with van der Waals surface area (Å²) in [5.74, 6) is 0.327. The summed E-state index contributed by atoms with van der Waals surface area (Å²) in [6, 6.07) is 3.29. The van der Waals surface area contributed by atoms with Gasteiger partial charge in [-0.25, -0.2) is 9.67 Å². The van der Waals surface area contributed by atoms with Gasteiger partial charge in [-0.1, -0.05) is 23.2 Å². The third-order valence-electron chi connectivity index (χ3n) is 2.91. The average molecular weight is 337 g/mol. The van der Waals surface area contributed by atoms with Gasteiger partial charge in [0.2, 0.25) is 0 Å². The van der Waals surface area contributed by atoms with Crippen LogP contribution in [-0.2, 0) is 0 Å². The van der Waals surface area contributed by atoms with Gasteiger partial charge >= 0.3 is 0 Å². The van der Waals surface area contributed by atoms with E-state index in [2.05, 4.69) is 15.4 Å². The molecule has 112 valence electrons. The van der Waals surface area contributed by atoms with Crippen LogP contribution in [0.3, 0.4) is 0 Å². The number of hydrogen-bond acceptors (Lipinski definition) is 4. The number of halogens is 2. The lowest BCUT2D eigenvalue weighted by atomic mass is 10.2. The van der Waals surface area contributed by atoms with Crippen LogP contribution in [0.25, 0.3) is 5.82 Å². The number of carbonyl (C=O) groups is 1. The number of pyridine rings is 1. The number of amides is 1. The Morgan fingerprint density at radius 1 is 1.36 bits per heavy atom. The highest BCUT2D eigenvalue weighted by molar-refractivity contribution is 6.35. The molecule has 0 saturated heterocycles. The minimum absolute atomic E-state index is 0.260. The smallest absolute Gasteiger partial charge is 0.291 e. The second-order valence-corrected chi connectivity index (χ2v) is 5.36. The average Bonchev–Trinajstić information content (AvgIpc) is 3.08. The van der Waals surface area contributed by atoms with Crippen molar-refractivity contribution >= 4 is 34.8 Å². The highest BCUT2D eigenvalue weighted by atomic mass is 35.5. The monoisotopic (exact) mass is 336 g/mol. The molecule has 0 fully saturated rings. The molecule has 22 heavy (non-hydrogen) atoms. The lowest BCUT2D eigenvalue weighted by Crippen LogP contribution is -2.11. The Hall–Kier alpha value is -2.31. The topological polar surface area (TPSA) is 73.0 Å². The summed E-state index contributed by atoms with van der Waals surface area (Å²) in [5, 5.41) is 7.60. The fourth-order valence-corrected chi connectivity index (χ4v) is 2.34. The lowest BCUT2D eigenvalue weighted by Gasteiger charge is -2.03. The second-order valence-electron chi connectivity index (χ2n) is 4.52.